The molecule has 1 aliphatic heterocycles. The first-order valence-electron chi connectivity index (χ1n) is 7.61. The van der Waals surface area contributed by atoms with Crippen LogP contribution in [0.2, 0.25) is 0 Å². The second-order valence-electron chi connectivity index (χ2n) is 6.56. The Bertz CT molecular complexity index is 505. The number of hydrogen-bond acceptors (Lipinski definition) is 4. The molecular formula is C17H27ClN2O2. The SMILES string of the molecule is CC(=O)c1ccccc1OCCN1CCC(N)C(C)(C)C1.Cl. The van der Waals surface area contributed by atoms with Crippen LogP contribution in [0, 0.1) is 5.41 Å². The number of ketones is 1. The number of nitrogens with zero attached hydrogens (tertiary/aromatic N) is 1. The number of halogens is 1. The Morgan fingerprint density at radius 1 is 1.41 bits per heavy atom. The van der Waals surface area contributed by atoms with E-state index in [0.29, 0.717) is 17.9 Å². The zero-order valence-electron chi connectivity index (χ0n) is 13.7. The molecule has 0 bridgehead atoms. The monoisotopic (exact) mass is 326 g/mol. The number of nitrogens with two attached hydrogens (primary N) is 1. The highest BCUT2D eigenvalue weighted by atomic mass is 35.5. The second-order valence-corrected chi connectivity index (χ2v) is 6.56. The van der Waals surface area contributed by atoms with Gasteiger partial charge in [-0.05, 0) is 37.4 Å². The predicted octanol–water partition coefficient (Wildman–Crippen LogP) is 2.75. The first-order chi connectivity index (χ1) is 9.90. The van der Waals surface area contributed by atoms with E-state index in [1.165, 1.54) is 0 Å². The molecule has 2 N–H and O–H groups in total. The number of benzene rings is 1. The Labute approximate surface area is 139 Å². The molecule has 1 fully saturated rings. The molecule has 1 saturated heterocycles. The summed E-state index contributed by atoms with van der Waals surface area (Å²) in [5.41, 5.74) is 6.95. The highest BCUT2D eigenvalue weighted by molar-refractivity contribution is 5.96. The molecule has 22 heavy (non-hydrogen) atoms. The third-order valence-electron chi connectivity index (χ3n) is 4.32. The van der Waals surface area contributed by atoms with Gasteiger partial charge in [0.05, 0.1) is 5.56 Å². The molecule has 124 valence electrons. The molecule has 1 heterocycles. The first-order valence-corrected chi connectivity index (χ1v) is 7.61. The molecule has 1 aromatic rings. The molecule has 0 aliphatic carbocycles. The van der Waals surface area contributed by atoms with E-state index in [9.17, 15) is 4.79 Å². The Morgan fingerprint density at radius 3 is 2.73 bits per heavy atom. The fraction of sp³-hybridized carbons (Fsp3) is 0.588. The molecule has 0 amide bonds. The summed E-state index contributed by atoms with van der Waals surface area (Å²) in [6, 6.07) is 7.68. The maximum atomic E-state index is 11.5. The van der Waals surface area contributed by atoms with Crippen molar-refractivity contribution in [2.45, 2.75) is 33.2 Å². The predicted molar refractivity (Wildman–Crippen MR) is 92.0 cm³/mol. The number of rotatable bonds is 5. The molecule has 0 saturated carbocycles. The molecule has 1 unspecified atom stereocenters. The normalized spacial score (nSPS) is 21.0. The smallest absolute Gasteiger partial charge is 0.163 e. The van der Waals surface area contributed by atoms with Crippen molar-refractivity contribution >= 4 is 18.2 Å². The van der Waals surface area contributed by atoms with Crippen LogP contribution in [0.3, 0.4) is 0 Å². The summed E-state index contributed by atoms with van der Waals surface area (Å²) in [5, 5.41) is 0. The van der Waals surface area contributed by atoms with Gasteiger partial charge < -0.3 is 10.5 Å². The van der Waals surface area contributed by atoms with Crippen LogP contribution < -0.4 is 10.5 Å². The van der Waals surface area contributed by atoms with Gasteiger partial charge >= 0.3 is 0 Å². The number of carbonyl (C=O) groups excluding carboxylic acids is 1. The van der Waals surface area contributed by atoms with Crippen molar-refractivity contribution in [3.05, 3.63) is 29.8 Å². The fourth-order valence-corrected chi connectivity index (χ4v) is 2.84. The van der Waals surface area contributed by atoms with Gasteiger partial charge in [0.15, 0.2) is 5.78 Å². The van der Waals surface area contributed by atoms with Crippen LogP contribution in [0.25, 0.3) is 0 Å². The summed E-state index contributed by atoms with van der Waals surface area (Å²) in [6.07, 6.45) is 1.02. The van der Waals surface area contributed by atoms with Crippen LogP contribution in [0.15, 0.2) is 24.3 Å². The average Bonchev–Trinajstić information content (AvgIpc) is 2.43. The van der Waals surface area contributed by atoms with Crippen LogP contribution >= 0.6 is 12.4 Å². The number of para-hydroxylation sites is 1. The minimum Gasteiger partial charge on any atom is -0.491 e. The van der Waals surface area contributed by atoms with Gasteiger partial charge in [0.25, 0.3) is 0 Å². The van der Waals surface area contributed by atoms with E-state index in [2.05, 4.69) is 18.7 Å². The minimum atomic E-state index is 0. The second kappa shape index (κ2) is 7.95. The summed E-state index contributed by atoms with van der Waals surface area (Å²) in [6.45, 7) is 9.47. The van der Waals surface area contributed by atoms with Crippen LogP contribution in [0.1, 0.15) is 37.6 Å². The summed E-state index contributed by atoms with van der Waals surface area (Å²) >= 11 is 0. The van der Waals surface area contributed by atoms with Gasteiger partial charge in [-0.15, -0.1) is 12.4 Å². The number of hydrogen-bond donors (Lipinski definition) is 1. The molecule has 0 spiro atoms. The molecular weight excluding hydrogens is 300 g/mol. The maximum absolute atomic E-state index is 11.5. The number of piperidine rings is 1. The Balaban J connectivity index is 0.00000242. The summed E-state index contributed by atoms with van der Waals surface area (Å²) in [7, 11) is 0. The fourth-order valence-electron chi connectivity index (χ4n) is 2.84. The lowest BCUT2D eigenvalue weighted by Crippen LogP contribution is -2.53. The van der Waals surface area contributed by atoms with E-state index in [4.69, 9.17) is 10.5 Å². The molecule has 4 nitrogen and oxygen atoms in total. The van der Waals surface area contributed by atoms with E-state index in [0.717, 1.165) is 26.1 Å². The highest BCUT2D eigenvalue weighted by Crippen LogP contribution is 2.27. The molecule has 5 heteroatoms. The van der Waals surface area contributed by atoms with Gasteiger partial charge in [-0.3, -0.25) is 9.69 Å². The standard InChI is InChI=1S/C17H26N2O2.ClH/c1-13(20)14-6-4-5-7-15(14)21-11-10-19-9-8-16(18)17(2,3)12-19;/h4-7,16H,8-12,18H2,1-3H3;1H. The minimum absolute atomic E-state index is 0. The third-order valence-corrected chi connectivity index (χ3v) is 4.32. The van der Waals surface area contributed by atoms with Crippen molar-refractivity contribution < 1.29 is 9.53 Å². The van der Waals surface area contributed by atoms with Crippen LogP contribution in [-0.2, 0) is 0 Å². The van der Waals surface area contributed by atoms with Crippen molar-refractivity contribution in [1.82, 2.24) is 4.90 Å². The van der Waals surface area contributed by atoms with Gasteiger partial charge in [0.1, 0.15) is 12.4 Å². The largest absolute Gasteiger partial charge is 0.491 e. The zero-order chi connectivity index (χ0) is 15.5. The van der Waals surface area contributed by atoms with Crippen LogP contribution in [0.4, 0.5) is 0 Å². The molecule has 1 aromatic carbocycles. The molecule has 0 aromatic heterocycles. The number of carbonyl (C=O) groups is 1. The van der Waals surface area contributed by atoms with Gasteiger partial charge in [-0.25, -0.2) is 0 Å². The maximum Gasteiger partial charge on any atom is 0.163 e. The van der Waals surface area contributed by atoms with Gasteiger partial charge in [-0.2, -0.15) is 0 Å². The van der Waals surface area contributed by atoms with Crippen molar-refractivity contribution in [2.75, 3.05) is 26.2 Å². The molecule has 2 rings (SSSR count). The van der Waals surface area contributed by atoms with E-state index in [1.807, 2.05) is 18.2 Å². The third kappa shape index (κ3) is 4.70. The van der Waals surface area contributed by atoms with Gasteiger partial charge in [0.2, 0.25) is 0 Å². The molecule has 1 atom stereocenters. The van der Waals surface area contributed by atoms with Crippen molar-refractivity contribution in [2.24, 2.45) is 11.1 Å². The van der Waals surface area contributed by atoms with E-state index in [1.54, 1.807) is 13.0 Å². The molecule has 1 aliphatic rings. The average molecular weight is 327 g/mol. The topological polar surface area (TPSA) is 55.6 Å². The molecule has 0 radical (unpaired) electrons. The van der Waals surface area contributed by atoms with Crippen molar-refractivity contribution in [3.8, 4) is 5.75 Å². The zero-order valence-corrected chi connectivity index (χ0v) is 14.5. The highest BCUT2D eigenvalue weighted by Gasteiger charge is 2.33. The Hall–Kier alpha value is -1.10. The number of likely N-dealkylation sites (tertiary alicyclic amines) is 1. The van der Waals surface area contributed by atoms with Gasteiger partial charge in [0, 0.05) is 19.1 Å². The lowest BCUT2D eigenvalue weighted by atomic mass is 9.80. The van der Waals surface area contributed by atoms with E-state index in [-0.39, 0.29) is 29.6 Å². The lowest BCUT2D eigenvalue weighted by Gasteiger charge is -2.42. The quantitative estimate of drug-likeness (QED) is 0.845. The summed E-state index contributed by atoms with van der Waals surface area (Å²) in [5.74, 6) is 0.716. The lowest BCUT2D eigenvalue weighted by molar-refractivity contribution is 0.0827. The van der Waals surface area contributed by atoms with Crippen LogP contribution in [0.5, 0.6) is 5.75 Å². The first kappa shape index (κ1) is 18.9. The summed E-state index contributed by atoms with van der Waals surface area (Å²) < 4.78 is 5.80. The van der Waals surface area contributed by atoms with Gasteiger partial charge in [-0.1, -0.05) is 26.0 Å². The van der Waals surface area contributed by atoms with Crippen LogP contribution in [-0.4, -0.2) is 43.0 Å². The Morgan fingerprint density at radius 2 is 2.09 bits per heavy atom. The number of Topliss-reactive ketones (excluding diaryl/α,β-unsaturated/α-hetero) is 1. The van der Waals surface area contributed by atoms with E-state index < -0.39 is 0 Å². The van der Waals surface area contributed by atoms with Crippen molar-refractivity contribution in [1.29, 1.82) is 0 Å². The Kier molecular flexibility index (Phi) is 6.85. The van der Waals surface area contributed by atoms with Crippen molar-refractivity contribution in [3.63, 3.8) is 0 Å². The van der Waals surface area contributed by atoms with E-state index >= 15 is 0 Å². The summed E-state index contributed by atoms with van der Waals surface area (Å²) in [4.78, 5) is 13.9. The number of ether oxygens (including phenoxy) is 1.